The van der Waals surface area contributed by atoms with E-state index in [1.54, 1.807) is 0 Å². The maximum absolute atomic E-state index is 10.4. The molecular weight excluding hydrogens is 222 g/mol. The second-order valence-corrected chi connectivity index (χ2v) is 4.12. The van der Waals surface area contributed by atoms with Gasteiger partial charge >= 0.3 is 5.97 Å². The van der Waals surface area contributed by atoms with Gasteiger partial charge in [-0.1, -0.05) is 20.3 Å². The van der Waals surface area contributed by atoms with Crippen molar-refractivity contribution in [3.8, 4) is 0 Å². The van der Waals surface area contributed by atoms with Gasteiger partial charge in [-0.25, -0.2) is 0 Å². The topological polar surface area (TPSA) is 70.0 Å². The van der Waals surface area contributed by atoms with Gasteiger partial charge in [-0.3, -0.25) is 4.79 Å². The van der Waals surface area contributed by atoms with E-state index in [2.05, 4.69) is 6.92 Å². The van der Waals surface area contributed by atoms with Crippen LogP contribution in [0.1, 0.15) is 33.1 Å². The molecule has 0 rings (SSSR count). The Hall–Kier alpha value is -0.650. The standard InChI is InChI=1S/C12H25NO4/c1-3-5-8-17-10-11(14)9-13(4-2)7-6-12(15)16/h11,14H,3-10H2,1-2H3,(H,15,16). The summed E-state index contributed by atoms with van der Waals surface area (Å²) in [6.45, 7) is 6.71. The molecule has 0 fully saturated rings. The summed E-state index contributed by atoms with van der Waals surface area (Å²) < 4.78 is 5.31. The van der Waals surface area contributed by atoms with Crippen LogP contribution in [-0.4, -0.2) is 60.0 Å². The molecule has 0 aromatic heterocycles. The Morgan fingerprint density at radius 3 is 2.65 bits per heavy atom. The van der Waals surface area contributed by atoms with Gasteiger partial charge in [0, 0.05) is 19.7 Å². The van der Waals surface area contributed by atoms with E-state index >= 15 is 0 Å². The number of aliphatic carboxylic acids is 1. The molecule has 0 aliphatic carbocycles. The summed E-state index contributed by atoms with van der Waals surface area (Å²) in [6.07, 6.45) is 1.65. The fourth-order valence-corrected chi connectivity index (χ4v) is 1.45. The van der Waals surface area contributed by atoms with Crippen LogP contribution in [0.25, 0.3) is 0 Å². The van der Waals surface area contributed by atoms with E-state index in [0.717, 1.165) is 19.4 Å². The van der Waals surface area contributed by atoms with E-state index in [1.165, 1.54) is 0 Å². The van der Waals surface area contributed by atoms with Gasteiger partial charge in [-0.2, -0.15) is 0 Å². The summed E-state index contributed by atoms with van der Waals surface area (Å²) in [5.74, 6) is -0.808. The molecule has 0 radical (unpaired) electrons. The number of nitrogens with zero attached hydrogens (tertiary/aromatic N) is 1. The van der Waals surface area contributed by atoms with E-state index in [0.29, 0.717) is 26.3 Å². The van der Waals surface area contributed by atoms with Crippen molar-refractivity contribution in [1.29, 1.82) is 0 Å². The van der Waals surface area contributed by atoms with Crippen molar-refractivity contribution in [2.24, 2.45) is 0 Å². The average Bonchev–Trinajstić information content (AvgIpc) is 2.30. The first-order valence-electron chi connectivity index (χ1n) is 6.30. The first-order valence-corrected chi connectivity index (χ1v) is 6.30. The largest absolute Gasteiger partial charge is 0.481 e. The van der Waals surface area contributed by atoms with Gasteiger partial charge in [0.15, 0.2) is 0 Å². The molecule has 1 atom stereocenters. The minimum absolute atomic E-state index is 0.108. The van der Waals surface area contributed by atoms with Crippen LogP contribution in [0.4, 0.5) is 0 Å². The number of carbonyl (C=O) groups is 1. The molecule has 0 aromatic rings. The molecule has 5 nitrogen and oxygen atoms in total. The quantitative estimate of drug-likeness (QED) is 0.532. The van der Waals surface area contributed by atoms with Gasteiger partial charge in [0.25, 0.3) is 0 Å². The van der Waals surface area contributed by atoms with Gasteiger partial charge in [-0.15, -0.1) is 0 Å². The van der Waals surface area contributed by atoms with Gasteiger partial charge in [-0.05, 0) is 13.0 Å². The lowest BCUT2D eigenvalue weighted by molar-refractivity contribution is -0.137. The average molecular weight is 247 g/mol. The van der Waals surface area contributed by atoms with E-state index in [-0.39, 0.29) is 6.42 Å². The van der Waals surface area contributed by atoms with Crippen LogP contribution >= 0.6 is 0 Å². The fraction of sp³-hybridized carbons (Fsp3) is 0.917. The summed E-state index contributed by atoms with van der Waals surface area (Å²) in [4.78, 5) is 12.4. The first-order chi connectivity index (χ1) is 8.10. The van der Waals surface area contributed by atoms with Crippen LogP contribution in [0.3, 0.4) is 0 Å². The smallest absolute Gasteiger partial charge is 0.304 e. The molecule has 0 saturated carbocycles. The molecular formula is C12H25NO4. The van der Waals surface area contributed by atoms with Crippen molar-refractivity contribution < 1.29 is 19.7 Å². The number of unbranched alkanes of at least 4 members (excludes halogenated alkanes) is 1. The number of hydrogen-bond acceptors (Lipinski definition) is 4. The summed E-state index contributed by atoms with van der Waals surface area (Å²) in [5, 5.41) is 18.3. The van der Waals surface area contributed by atoms with E-state index in [1.807, 2.05) is 11.8 Å². The minimum atomic E-state index is -0.808. The van der Waals surface area contributed by atoms with Crippen LogP contribution < -0.4 is 0 Å². The number of ether oxygens (including phenoxy) is 1. The number of aliphatic hydroxyl groups excluding tert-OH is 1. The molecule has 0 amide bonds. The van der Waals surface area contributed by atoms with Gasteiger partial charge in [0.05, 0.1) is 19.1 Å². The lowest BCUT2D eigenvalue weighted by atomic mass is 10.3. The Balaban J connectivity index is 3.66. The second-order valence-electron chi connectivity index (χ2n) is 4.12. The molecule has 0 bridgehead atoms. The summed E-state index contributed by atoms with van der Waals surface area (Å²) in [5.41, 5.74) is 0. The van der Waals surface area contributed by atoms with Crippen molar-refractivity contribution in [1.82, 2.24) is 4.90 Å². The molecule has 0 spiro atoms. The highest BCUT2D eigenvalue weighted by atomic mass is 16.5. The van der Waals surface area contributed by atoms with Crippen LogP contribution in [-0.2, 0) is 9.53 Å². The number of hydrogen-bond donors (Lipinski definition) is 2. The number of rotatable bonds is 11. The Morgan fingerprint density at radius 2 is 2.12 bits per heavy atom. The van der Waals surface area contributed by atoms with Crippen LogP contribution in [0.15, 0.2) is 0 Å². The number of carboxylic acids is 1. The molecule has 0 aromatic carbocycles. The molecule has 0 aliphatic rings. The van der Waals surface area contributed by atoms with Crippen LogP contribution in [0.5, 0.6) is 0 Å². The molecule has 0 heterocycles. The molecule has 0 aliphatic heterocycles. The Morgan fingerprint density at radius 1 is 1.41 bits per heavy atom. The summed E-state index contributed by atoms with van der Waals surface area (Å²) >= 11 is 0. The van der Waals surface area contributed by atoms with E-state index < -0.39 is 12.1 Å². The summed E-state index contributed by atoms with van der Waals surface area (Å²) in [7, 11) is 0. The Labute approximate surface area is 103 Å². The molecule has 102 valence electrons. The Kier molecular flexibility index (Phi) is 10.1. The highest BCUT2D eigenvalue weighted by Gasteiger charge is 2.11. The van der Waals surface area contributed by atoms with Crippen molar-refractivity contribution >= 4 is 5.97 Å². The predicted molar refractivity (Wildman–Crippen MR) is 66.1 cm³/mol. The molecule has 0 saturated heterocycles. The zero-order valence-electron chi connectivity index (χ0n) is 10.9. The van der Waals surface area contributed by atoms with E-state index in [9.17, 15) is 9.90 Å². The predicted octanol–water partition coefficient (Wildman–Crippen LogP) is 0.961. The number of carboxylic acid groups (broad SMARTS) is 1. The number of likely N-dealkylation sites (N-methyl/N-ethyl adjacent to an activating group) is 1. The molecule has 1 unspecified atom stereocenters. The molecule has 2 N–H and O–H groups in total. The molecule has 5 heteroatoms. The Bertz CT molecular complexity index is 199. The van der Waals surface area contributed by atoms with Crippen LogP contribution in [0, 0.1) is 0 Å². The van der Waals surface area contributed by atoms with Gasteiger partial charge < -0.3 is 19.8 Å². The lowest BCUT2D eigenvalue weighted by Gasteiger charge is -2.22. The second kappa shape index (κ2) is 10.5. The van der Waals surface area contributed by atoms with Crippen LogP contribution in [0.2, 0.25) is 0 Å². The highest BCUT2D eigenvalue weighted by molar-refractivity contribution is 5.66. The maximum atomic E-state index is 10.4. The van der Waals surface area contributed by atoms with Crippen molar-refractivity contribution in [3.05, 3.63) is 0 Å². The number of aliphatic hydroxyl groups is 1. The fourth-order valence-electron chi connectivity index (χ4n) is 1.45. The third-order valence-electron chi connectivity index (χ3n) is 2.51. The maximum Gasteiger partial charge on any atom is 0.304 e. The van der Waals surface area contributed by atoms with Crippen molar-refractivity contribution in [2.75, 3.05) is 32.8 Å². The van der Waals surface area contributed by atoms with Crippen molar-refractivity contribution in [3.63, 3.8) is 0 Å². The lowest BCUT2D eigenvalue weighted by Crippen LogP contribution is -2.36. The van der Waals surface area contributed by atoms with E-state index in [4.69, 9.17) is 9.84 Å². The zero-order chi connectivity index (χ0) is 13.1. The third kappa shape index (κ3) is 10.2. The molecule has 17 heavy (non-hydrogen) atoms. The minimum Gasteiger partial charge on any atom is -0.481 e. The van der Waals surface area contributed by atoms with Gasteiger partial charge in [0.1, 0.15) is 0 Å². The highest BCUT2D eigenvalue weighted by Crippen LogP contribution is 1.97. The van der Waals surface area contributed by atoms with Crippen molar-refractivity contribution in [2.45, 2.75) is 39.2 Å². The summed E-state index contributed by atoms with van der Waals surface area (Å²) in [6, 6.07) is 0. The first kappa shape index (κ1) is 16.4. The zero-order valence-corrected chi connectivity index (χ0v) is 10.9. The van der Waals surface area contributed by atoms with Gasteiger partial charge in [0.2, 0.25) is 0 Å². The monoisotopic (exact) mass is 247 g/mol. The normalized spacial score (nSPS) is 12.9. The third-order valence-corrected chi connectivity index (χ3v) is 2.51. The SMILES string of the molecule is CCCCOCC(O)CN(CC)CCC(=O)O.